The Morgan fingerprint density at radius 1 is 1.44 bits per heavy atom. The van der Waals surface area contributed by atoms with Crippen molar-refractivity contribution in [3.63, 3.8) is 0 Å². The molecule has 2 N–H and O–H groups in total. The maximum absolute atomic E-state index is 11.4. The summed E-state index contributed by atoms with van der Waals surface area (Å²) in [5, 5.41) is 11.8. The summed E-state index contributed by atoms with van der Waals surface area (Å²) in [6.07, 6.45) is 1.39. The van der Waals surface area contributed by atoms with Crippen LogP contribution in [0.3, 0.4) is 0 Å². The zero-order chi connectivity index (χ0) is 18.1. The number of amides is 2. The smallest absolute Gasteiger partial charge is 0.407 e. The summed E-state index contributed by atoms with van der Waals surface area (Å²) in [7, 11) is 1.56. The number of hydrogen-bond donors (Lipinski definition) is 2. The lowest BCUT2D eigenvalue weighted by Crippen LogP contribution is -2.38. The van der Waals surface area contributed by atoms with Crippen molar-refractivity contribution >= 4 is 50.7 Å². The van der Waals surface area contributed by atoms with Crippen molar-refractivity contribution in [2.45, 2.75) is 19.4 Å². The number of likely N-dealkylation sites (N-methyl/N-ethyl adjacent to an activating group) is 1. The average molecular weight is 409 g/mol. The normalized spacial score (nSPS) is 16.9. The van der Waals surface area contributed by atoms with E-state index in [2.05, 4.69) is 36.2 Å². The molecule has 3 rings (SSSR count). The molecule has 1 aliphatic heterocycles. The molecule has 0 radical (unpaired) electrons. The molecule has 0 aliphatic carbocycles. The molecule has 9 nitrogen and oxygen atoms in total. The Balaban J connectivity index is 2.00. The van der Waals surface area contributed by atoms with Gasteiger partial charge in [-0.05, 0) is 28.4 Å². The summed E-state index contributed by atoms with van der Waals surface area (Å²) in [6, 6.07) is 1.68. The monoisotopic (exact) mass is 408 g/mol. The van der Waals surface area contributed by atoms with Gasteiger partial charge in [0.25, 0.3) is 0 Å². The van der Waals surface area contributed by atoms with Crippen LogP contribution in [-0.2, 0) is 4.79 Å². The minimum Gasteiger partial charge on any atom is -0.465 e. The molecule has 2 aromatic rings. The van der Waals surface area contributed by atoms with Gasteiger partial charge in [-0.1, -0.05) is 0 Å². The van der Waals surface area contributed by atoms with E-state index in [1.807, 2.05) is 4.90 Å². The highest BCUT2D eigenvalue weighted by Gasteiger charge is 2.30. The summed E-state index contributed by atoms with van der Waals surface area (Å²) >= 11 is 3.36. The number of carbonyl (C=O) groups is 2. The lowest BCUT2D eigenvalue weighted by Gasteiger charge is -2.23. The maximum Gasteiger partial charge on any atom is 0.407 e. The molecule has 2 amide bonds. The second kappa shape index (κ2) is 6.79. The van der Waals surface area contributed by atoms with E-state index in [0.717, 1.165) is 4.47 Å². The van der Waals surface area contributed by atoms with E-state index in [-0.39, 0.29) is 17.9 Å². The van der Waals surface area contributed by atoms with E-state index in [1.165, 1.54) is 11.8 Å². The van der Waals surface area contributed by atoms with Gasteiger partial charge in [0.1, 0.15) is 5.52 Å². The third-order valence-electron chi connectivity index (χ3n) is 4.08. The van der Waals surface area contributed by atoms with Crippen molar-refractivity contribution < 1.29 is 14.7 Å². The van der Waals surface area contributed by atoms with Crippen LogP contribution in [0.1, 0.15) is 13.3 Å². The van der Waals surface area contributed by atoms with E-state index in [1.54, 1.807) is 19.3 Å². The van der Waals surface area contributed by atoms with Crippen LogP contribution in [-0.4, -0.2) is 63.1 Å². The lowest BCUT2D eigenvalue weighted by atomic mass is 10.2. The van der Waals surface area contributed by atoms with Crippen molar-refractivity contribution in [3.8, 4) is 0 Å². The van der Waals surface area contributed by atoms with Crippen LogP contribution >= 0.6 is 15.9 Å². The first-order valence-electron chi connectivity index (χ1n) is 7.66. The number of nitrogens with one attached hydrogen (secondary N) is 1. The number of carboxylic acid groups (broad SMARTS) is 1. The predicted octanol–water partition coefficient (Wildman–Crippen LogP) is 1.93. The fourth-order valence-electron chi connectivity index (χ4n) is 2.82. The Hall–Kier alpha value is -2.49. The number of pyridine rings is 1. The van der Waals surface area contributed by atoms with E-state index in [0.29, 0.717) is 36.4 Å². The molecule has 0 spiro atoms. The molecule has 25 heavy (non-hydrogen) atoms. The molecule has 3 heterocycles. The van der Waals surface area contributed by atoms with Gasteiger partial charge in [0.2, 0.25) is 11.9 Å². The van der Waals surface area contributed by atoms with Crippen LogP contribution in [0.4, 0.5) is 16.6 Å². The van der Waals surface area contributed by atoms with Gasteiger partial charge in [0, 0.05) is 37.7 Å². The topological polar surface area (TPSA) is 112 Å². The van der Waals surface area contributed by atoms with Crippen molar-refractivity contribution in [2.24, 2.45) is 0 Å². The Labute approximate surface area is 152 Å². The molecule has 1 aliphatic rings. The lowest BCUT2D eigenvalue weighted by molar-refractivity contribution is -0.114. The van der Waals surface area contributed by atoms with Crippen LogP contribution in [0.5, 0.6) is 0 Å². The molecule has 0 bridgehead atoms. The van der Waals surface area contributed by atoms with Crippen LogP contribution in [0.2, 0.25) is 0 Å². The van der Waals surface area contributed by atoms with Crippen LogP contribution in [0, 0.1) is 0 Å². The largest absolute Gasteiger partial charge is 0.465 e. The second-order valence-electron chi connectivity index (χ2n) is 5.86. The first kappa shape index (κ1) is 17.3. The first-order chi connectivity index (χ1) is 11.8. The third-order valence-corrected chi connectivity index (χ3v) is 4.52. The summed E-state index contributed by atoms with van der Waals surface area (Å²) in [5.41, 5.74) is 1.20. The molecule has 10 heteroatoms. The number of halogens is 1. The summed E-state index contributed by atoms with van der Waals surface area (Å²) in [5.74, 6) is 0.519. The van der Waals surface area contributed by atoms with Crippen molar-refractivity contribution in [1.29, 1.82) is 0 Å². The molecule has 0 saturated carbocycles. The number of nitrogens with zero attached hydrogens (tertiary/aromatic N) is 5. The highest BCUT2D eigenvalue weighted by molar-refractivity contribution is 9.10. The molecular weight excluding hydrogens is 392 g/mol. The first-order valence-corrected chi connectivity index (χ1v) is 8.46. The van der Waals surface area contributed by atoms with Crippen molar-refractivity contribution in [3.05, 3.63) is 16.7 Å². The van der Waals surface area contributed by atoms with Gasteiger partial charge in [-0.25, -0.2) is 14.8 Å². The Morgan fingerprint density at radius 3 is 2.88 bits per heavy atom. The summed E-state index contributed by atoms with van der Waals surface area (Å²) in [4.78, 5) is 39.0. The molecule has 1 atom stereocenters. The Kier molecular flexibility index (Phi) is 4.71. The van der Waals surface area contributed by atoms with E-state index in [4.69, 9.17) is 5.11 Å². The van der Waals surface area contributed by atoms with Gasteiger partial charge in [0.05, 0.1) is 11.6 Å². The van der Waals surface area contributed by atoms with Gasteiger partial charge in [-0.3, -0.25) is 10.1 Å². The van der Waals surface area contributed by atoms with Gasteiger partial charge >= 0.3 is 6.09 Å². The predicted molar refractivity (Wildman–Crippen MR) is 95.7 cm³/mol. The SMILES string of the molecule is CC(=O)Nc1nc(N2CCC(N(C)C(=O)O)C2)c2ncc(Br)cc2n1. The van der Waals surface area contributed by atoms with E-state index < -0.39 is 6.09 Å². The number of carbonyl (C=O) groups excluding carboxylic acids is 1. The van der Waals surface area contributed by atoms with Gasteiger partial charge in [-0.2, -0.15) is 4.98 Å². The number of hydrogen-bond acceptors (Lipinski definition) is 6. The van der Waals surface area contributed by atoms with Gasteiger partial charge in [-0.15, -0.1) is 0 Å². The quantitative estimate of drug-likeness (QED) is 0.797. The van der Waals surface area contributed by atoms with Gasteiger partial charge < -0.3 is 14.9 Å². The number of aromatic nitrogens is 3. The number of fused-ring (bicyclic) bond motifs is 1. The van der Waals surface area contributed by atoms with E-state index >= 15 is 0 Å². The zero-order valence-corrected chi connectivity index (χ0v) is 15.3. The van der Waals surface area contributed by atoms with Crippen LogP contribution < -0.4 is 10.2 Å². The van der Waals surface area contributed by atoms with Crippen LogP contribution in [0.25, 0.3) is 11.0 Å². The standard InChI is InChI=1S/C15H17BrN6O3/c1-8(23)18-14-19-11-5-9(16)6-17-12(11)13(20-14)22-4-3-10(7-22)21(2)15(24)25/h5-6,10H,3-4,7H2,1-2H3,(H,24,25)(H,18,19,20,23). The molecule has 1 saturated heterocycles. The maximum atomic E-state index is 11.4. The highest BCUT2D eigenvalue weighted by atomic mass is 79.9. The minimum absolute atomic E-state index is 0.123. The van der Waals surface area contributed by atoms with E-state index in [9.17, 15) is 9.59 Å². The molecule has 1 fully saturated rings. The molecule has 1 unspecified atom stereocenters. The zero-order valence-electron chi connectivity index (χ0n) is 13.7. The number of rotatable bonds is 3. The molecular formula is C15H17BrN6O3. The average Bonchev–Trinajstić information content (AvgIpc) is 3.01. The van der Waals surface area contributed by atoms with Gasteiger partial charge in [0.15, 0.2) is 5.82 Å². The fraction of sp³-hybridized carbons (Fsp3) is 0.400. The van der Waals surface area contributed by atoms with Crippen molar-refractivity contribution in [2.75, 3.05) is 30.4 Å². The van der Waals surface area contributed by atoms with Crippen LogP contribution in [0.15, 0.2) is 16.7 Å². The second-order valence-corrected chi connectivity index (χ2v) is 6.77. The number of anilines is 2. The fourth-order valence-corrected chi connectivity index (χ4v) is 3.14. The third kappa shape index (κ3) is 3.63. The molecule has 2 aromatic heterocycles. The molecule has 132 valence electrons. The summed E-state index contributed by atoms with van der Waals surface area (Å²) < 4.78 is 0.767. The van der Waals surface area contributed by atoms with Crippen molar-refractivity contribution in [1.82, 2.24) is 19.9 Å². The Morgan fingerprint density at radius 2 is 2.20 bits per heavy atom. The minimum atomic E-state index is -0.958. The summed E-state index contributed by atoms with van der Waals surface area (Å²) in [6.45, 7) is 2.54. The molecule has 0 aromatic carbocycles. The highest BCUT2D eigenvalue weighted by Crippen LogP contribution is 2.29. The Bertz CT molecular complexity index is 845.